The van der Waals surface area contributed by atoms with E-state index >= 15 is 0 Å². The molecule has 0 amide bonds. The highest BCUT2D eigenvalue weighted by Gasteiger charge is 2.14. The molecule has 106 valence electrons. The molecule has 0 saturated carbocycles. The molecule has 0 fully saturated rings. The van der Waals surface area contributed by atoms with Crippen molar-refractivity contribution in [2.45, 2.75) is 11.3 Å². The second-order valence-corrected chi connectivity index (χ2v) is 6.51. The zero-order chi connectivity index (χ0) is 14.6. The Morgan fingerprint density at radius 1 is 1.15 bits per heavy atom. The van der Waals surface area contributed by atoms with E-state index in [0.717, 1.165) is 5.56 Å². The van der Waals surface area contributed by atoms with Gasteiger partial charge in [0.05, 0.1) is 17.3 Å². The minimum atomic E-state index is -3.66. The van der Waals surface area contributed by atoms with Gasteiger partial charge in [-0.05, 0) is 46.6 Å². The zero-order valence-corrected chi connectivity index (χ0v) is 12.9. The maximum absolute atomic E-state index is 12.1. The van der Waals surface area contributed by atoms with Crippen molar-refractivity contribution in [3.8, 4) is 0 Å². The van der Waals surface area contributed by atoms with E-state index in [0.29, 0.717) is 17.6 Å². The third-order valence-corrected chi connectivity index (χ3v) is 4.31. The fraction of sp³-hybridized carbons (Fsp3) is 0.167. The van der Waals surface area contributed by atoms with Crippen LogP contribution in [0, 0.1) is 0 Å². The minimum Gasteiger partial charge on any atom is -0.330 e. The van der Waals surface area contributed by atoms with E-state index in [1.54, 1.807) is 24.3 Å². The summed E-state index contributed by atoms with van der Waals surface area (Å²) in [6.07, 6.45) is 3.47. The van der Waals surface area contributed by atoms with Gasteiger partial charge < -0.3 is 5.73 Å². The number of nitrogens with two attached hydrogens (primary N) is 1. The lowest BCUT2D eigenvalue weighted by molar-refractivity contribution is 0.601. The van der Waals surface area contributed by atoms with Crippen molar-refractivity contribution in [3.63, 3.8) is 0 Å². The van der Waals surface area contributed by atoms with Crippen molar-refractivity contribution in [3.05, 3.63) is 46.8 Å². The van der Waals surface area contributed by atoms with Crippen molar-refractivity contribution in [1.82, 2.24) is 9.97 Å². The first-order valence-electron chi connectivity index (χ1n) is 5.80. The summed E-state index contributed by atoms with van der Waals surface area (Å²) >= 11 is 3.13. The minimum absolute atomic E-state index is 0.166. The number of hydrogen-bond donors (Lipinski definition) is 2. The van der Waals surface area contributed by atoms with Gasteiger partial charge in [0.2, 0.25) is 0 Å². The molecular formula is C12H13BrN4O2S. The molecule has 0 spiro atoms. The van der Waals surface area contributed by atoms with Crippen LogP contribution >= 0.6 is 15.9 Å². The molecule has 2 aromatic rings. The molecule has 0 bridgehead atoms. The van der Waals surface area contributed by atoms with Crippen LogP contribution in [0.3, 0.4) is 0 Å². The van der Waals surface area contributed by atoms with Gasteiger partial charge in [-0.1, -0.05) is 12.1 Å². The molecule has 6 nitrogen and oxygen atoms in total. The van der Waals surface area contributed by atoms with E-state index in [-0.39, 0.29) is 10.7 Å². The first-order valence-corrected chi connectivity index (χ1v) is 8.08. The van der Waals surface area contributed by atoms with Crippen LogP contribution in [0.15, 0.2) is 46.2 Å². The Balaban J connectivity index is 2.19. The number of sulfonamides is 1. The lowest BCUT2D eigenvalue weighted by Crippen LogP contribution is -2.14. The highest BCUT2D eigenvalue weighted by molar-refractivity contribution is 9.10. The molecular weight excluding hydrogens is 344 g/mol. The molecule has 1 aromatic carbocycles. The number of benzene rings is 1. The Hall–Kier alpha value is -1.51. The lowest BCUT2D eigenvalue weighted by atomic mass is 10.2. The van der Waals surface area contributed by atoms with Crippen molar-refractivity contribution in [2.24, 2.45) is 5.73 Å². The van der Waals surface area contributed by atoms with Gasteiger partial charge in [0.15, 0.2) is 5.82 Å². The first kappa shape index (κ1) is 14.9. The summed E-state index contributed by atoms with van der Waals surface area (Å²) in [5, 5.41) is 0. The van der Waals surface area contributed by atoms with Crippen LogP contribution in [0.5, 0.6) is 0 Å². The Bertz CT molecular complexity index is 672. The van der Waals surface area contributed by atoms with E-state index in [4.69, 9.17) is 5.73 Å². The summed E-state index contributed by atoms with van der Waals surface area (Å²) in [7, 11) is -3.66. The third-order valence-electron chi connectivity index (χ3n) is 2.53. The maximum Gasteiger partial charge on any atom is 0.263 e. The molecule has 0 saturated heterocycles. The number of aromatic nitrogens is 2. The van der Waals surface area contributed by atoms with Crippen LogP contribution in [-0.4, -0.2) is 24.9 Å². The smallest absolute Gasteiger partial charge is 0.263 e. The Kier molecular flexibility index (Phi) is 4.69. The molecule has 3 N–H and O–H groups in total. The van der Waals surface area contributed by atoms with Crippen molar-refractivity contribution >= 4 is 31.8 Å². The van der Waals surface area contributed by atoms with Crippen molar-refractivity contribution < 1.29 is 8.42 Å². The predicted octanol–water partition coefficient (Wildman–Crippen LogP) is 1.54. The topological polar surface area (TPSA) is 98.0 Å². The second kappa shape index (κ2) is 6.29. The molecule has 0 radical (unpaired) electrons. The van der Waals surface area contributed by atoms with Gasteiger partial charge >= 0.3 is 0 Å². The molecule has 8 heteroatoms. The number of hydrogen-bond acceptors (Lipinski definition) is 5. The molecule has 0 atom stereocenters. The molecule has 1 heterocycles. The van der Waals surface area contributed by atoms with Gasteiger partial charge in [0.25, 0.3) is 10.0 Å². The van der Waals surface area contributed by atoms with Crippen LogP contribution in [0.25, 0.3) is 0 Å². The van der Waals surface area contributed by atoms with E-state index in [9.17, 15) is 8.42 Å². The summed E-state index contributed by atoms with van der Waals surface area (Å²) in [6, 6.07) is 6.57. The van der Waals surface area contributed by atoms with Gasteiger partial charge in [0, 0.05) is 0 Å². The van der Waals surface area contributed by atoms with Crippen LogP contribution in [-0.2, 0) is 16.4 Å². The standard InChI is InChI=1S/C12H13BrN4O2S/c13-11-7-16-12(8-15-11)17-20(18,19)10-3-1-9(2-4-10)5-6-14/h1-4,7-8H,5-6,14H2,(H,16,17). The summed E-state index contributed by atoms with van der Waals surface area (Å²) < 4.78 is 27.2. The van der Waals surface area contributed by atoms with Crippen molar-refractivity contribution in [1.29, 1.82) is 0 Å². The SMILES string of the molecule is NCCc1ccc(S(=O)(=O)Nc2cnc(Br)cn2)cc1. The molecule has 0 aliphatic heterocycles. The Labute approximate surface area is 125 Å². The average Bonchev–Trinajstić information content (AvgIpc) is 2.42. The number of nitrogens with zero attached hydrogens (tertiary/aromatic N) is 2. The fourth-order valence-corrected chi connectivity index (χ4v) is 2.76. The van der Waals surface area contributed by atoms with E-state index in [2.05, 4.69) is 30.6 Å². The number of nitrogens with one attached hydrogen (secondary N) is 1. The Morgan fingerprint density at radius 2 is 1.85 bits per heavy atom. The molecule has 20 heavy (non-hydrogen) atoms. The van der Waals surface area contributed by atoms with Gasteiger partial charge in [-0.25, -0.2) is 18.4 Å². The van der Waals surface area contributed by atoms with E-state index in [1.165, 1.54) is 12.4 Å². The monoisotopic (exact) mass is 356 g/mol. The maximum atomic E-state index is 12.1. The largest absolute Gasteiger partial charge is 0.330 e. The van der Waals surface area contributed by atoms with Crippen LogP contribution < -0.4 is 10.5 Å². The second-order valence-electron chi connectivity index (χ2n) is 4.01. The molecule has 0 aliphatic carbocycles. The first-order chi connectivity index (χ1) is 9.51. The lowest BCUT2D eigenvalue weighted by Gasteiger charge is -2.07. The molecule has 0 unspecified atom stereocenters. The number of anilines is 1. The summed E-state index contributed by atoms with van der Waals surface area (Å²) in [5.41, 5.74) is 6.44. The van der Waals surface area contributed by atoms with E-state index in [1.807, 2.05) is 0 Å². The molecule has 0 aliphatic rings. The Morgan fingerprint density at radius 3 is 2.40 bits per heavy atom. The van der Waals surface area contributed by atoms with Crippen LogP contribution in [0.1, 0.15) is 5.56 Å². The fourth-order valence-electron chi connectivity index (χ4n) is 1.56. The van der Waals surface area contributed by atoms with Crippen LogP contribution in [0.2, 0.25) is 0 Å². The number of halogens is 1. The highest BCUT2D eigenvalue weighted by atomic mass is 79.9. The summed E-state index contributed by atoms with van der Waals surface area (Å²) in [4.78, 5) is 8.00. The van der Waals surface area contributed by atoms with Gasteiger partial charge in [0.1, 0.15) is 4.60 Å². The zero-order valence-electron chi connectivity index (χ0n) is 10.5. The molecule has 2 rings (SSSR count). The van der Waals surface area contributed by atoms with Crippen LogP contribution in [0.4, 0.5) is 5.82 Å². The van der Waals surface area contributed by atoms with Gasteiger partial charge in [-0.2, -0.15) is 0 Å². The molecule has 1 aromatic heterocycles. The average molecular weight is 357 g/mol. The third kappa shape index (κ3) is 3.75. The summed E-state index contributed by atoms with van der Waals surface area (Å²) in [6.45, 7) is 0.527. The van der Waals surface area contributed by atoms with Gasteiger partial charge in [-0.3, -0.25) is 4.72 Å². The number of rotatable bonds is 5. The summed E-state index contributed by atoms with van der Waals surface area (Å²) in [5.74, 6) is 0.166. The predicted molar refractivity (Wildman–Crippen MR) is 79.7 cm³/mol. The van der Waals surface area contributed by atoms with E-state index < -0.39 is 10.0 Å². The normalized spacial score (nSPS) is 11.3. The highest BCUT2D eigenvalue weighted by Crippen LogP contribution is 2.15. The quantitative estimate of drug-likeness (QED) is 0.846. The van der Waals surface area contributed by atoms with Gasteiger partial charge in [-0.15, -0.1) is 0 Å². The van der Waals surface area contributed by atoms with Crippen molar-refractivity contribution in [2.75, 3.05) is 11.3 Å².